The van der Waals surface area contributed by atoms with Crippen LogP contribution >= 0.6 is 49.9 Å². The fraction of sp³-hybridized carbons (Fsp3) is 0.111. The van der Waals surface area contributed by atoms with Crippen LogP contribution in [0.5, 0.6) is 0 Å². The van der Waals surface area contributed by atoms with Crippen molar-refractivity contribution in [1.29, 1.82) is 0 Å². The van der Waals surface area contributed by atoms with Crippen molar-refractivity contribution in [3.8, 4) is 0 Å². The van der Waals surface area contributed by atoms with Gasteiger partial charge in [0, 0.05) is 12.7 Å². The van der Waals surface area contributed by atoms with Crippen LogP contribution in [0, 0.1) is 3.57 Å². The van der Waals surface area contributed by atoms with Gasteiger partial charge in [0.1, 0.15) is 0 Å². The van der Waals surface area contributed by atoms with Gasteiger partial charge in [-0.05, 0) is 67.0 Å². The number of fused-ring (bicyclic) bond motifs is 1. The maximum atomic E-state index is 9.12. The van der Waals surface area contributed by atoms with Gasteiger partial charge in [-0.1, -0.05) is 0 Å². The molecule has 1 heterocycles. The molecule has 0 spiro atoms. The molecule has 0 aliphatic rings. The highest BCUT2D eigenvalue weighted by Crippen LogP contribution is 2.35. The van der Waals surface area contributed by atoms with Crippen LogP contribution in [0.15, 0.2) is 22.0 Å². The van der Waals surface area contributed by atoms with Gasteiger partial charge in [0.2, 0.25) is 0 Å². The topological polar surface area (TPSA) is 20.2 Å². The zero-order chi connectivity index (χ0) is 9.42. The predicted molar refractivity (Wildman–Crippen MR) is 68.2 cm³/mol. The summed E-state index contributed by atoms with van der Waals surface area (Å²) < 4.78 is 3.46. The Labute approximate surface area is 102 Å². The van der Waals surface area contributed by atoms with Crippen LogP contribution in [0.4, 0.5) is 0 Å². The van der Waals surface area contributed by atoms with E-state index in [0.717, 1.165) is 13.6 Å². The lowest BCUT2D eigenvalue weighted by Gasteiger charge is -2.04. The Morgan fingerprint density at radius 2 is 2.31 bits per heavy atom. The fourth-order valence-electron chi connectivity index (χ4n) is 1.22. The standard InChI is InChI=1S/C9H6BrIOS/c10-7-8(11)6(4-12)3-5-1-2-13-9(5)7/h1-3,12H,4H2. The van der Waals surface area contributed by atoms with Gasteiger partial charge < -0.3 is 5.11 Å². The number of rotatable bonds is 1. The van der Waals surface area contributed by atoms with E-state index in [1.165, 1.54) is 10.1 Å². The summed E-state index contributed by atoms with van der Waals surface area (Å²) in [5.41, 5.74) is 0.985. The van der Waals surface area contributed by atoms with Crippen LogP contribution in [0.2, 0.25) is 0 Å². The molecule has 1 nitrogen and oxygen atoms in total. The first-order valence-electron chi connectivity index (χ1n) is 3.69. The number of aliphatic hydroxyl groups is 1. The van der Waals surface area contributed by atoms with Crippen LogP contribution in [-0.4, -0.2) is 5.11 Å². The summed E-state index contributed by atoms with van der Waals surface area (Å²) >= 11 is 7.51. The van der Waals surface area contributed by atoms with Crippen molar-refractivity contribution in [3.63, 3.8) is 0 Å². The molecule has 0 atom stereocenters. The molecule has 0 bridgehead atoms. The smallest absolute Gasteiger partial charge is 0.0692 e. The second-order valence-corrected chi connectivity index (χ2v) is 5.45. The van der Waals surface area contributed by atoms with Crippen molar-refractivity contribution in [2.75, 3.05) is 0 Å². The minimum atomic E-state index is 0.0999. The summed E-state index contributed by atoms with van der Waals surface area (Å²) in [4.78, 5) is 0. The lowest BCUT2D eigenvalue weighted by Crippen LogP contribution is -1.89. The number of halogens is 2. The van der Waals surface area contributed by atoms with Crippen molar-refractivity contribution in [2.45, 2.75) is 6.61 Å². The molecule has 1 N–H and O–H groups in total. The minimum Gasteiger partial charge on any atom is -0.392 e. The van der Waals surface area contributed by atoms with Crippen LogP contribution in [-0.2, 0) is 6.61 Å². The number of aliphatic hydroxyl groups excluding tert-OH is 1. The molecular formula is C9H6BrIOS. The van der Waals surface area contributed by atoms with Crippen LogP contribution in [0.25, 0.3) is 10.1 Å². The van der Waals surface area contributed by atoms with Crippen molar-refractivity contribution in [2.24, 2.45) is 0 Å². The van der Waals surface area contributed by atoms with E-state index in [-0.39, 0.29) is 6.61 Å². The van der Waals surface area contributed by atoms with Crippen molar-refractivity contribution in [1.82, 2.24) is 0 Å². The van der Waals surface area contributed by atoms with E-state index < -0.39 is 0 Å². The lowest BCUT2D eigenvalue weighted by atomic mass is 10.2. The molecule has 0 fully saturated rings. The maximum absolute atomic E-state index is 9.12. The zero-order valence-corrected chi connectivity index (χ0v) is 11.1. The molecule has 0 aliphatic heterocycles. The second-order valence-electron chi connectivity index (χ2n) is 2.66. The van der Waals surface area contributed by atoms with Gasteiger partial charge in [-0.3, -0.25) is 0 Å². The monoisotopic (exact) mass is 368 g/mol. The summed E-state index contributed by atoms with van der Waals surface area (Å²) in [6.45, 7) is 0.0999. The van der Waals surface area contributed by atoms with E-state index in [0.29, 0.717) is 0 Å². The predicted octanol–water partition coefficient (Wildman–Crippen LogP) is 3.76. The molecule has 0 aliphatic carbocycles. The Kier molecular flexibility index (Phi) is 2.92. The largest absolute Gasteiger partial charge is 0.392 e. The van der Waals surface area contributed by atoms with Crippen LogP contribution in [0.1, 0.15) is 5.56 Å². The zero-order valence-electron chi connectivity index (χ0n) is 6.55. The Morgan fingerprint density at radius 3 is 3.00 bits per heavy atom. The number of hydrogen-bond acceptors (Lipinski definition) is 2. The highest BCUT2D eigenvalue weighted by Gasteiger charge is 2.08. The summed E-state index contributed by atoms with van der Waals surface area (Å²) in [5, 5.41) is 12.4. The summed E-state index contributed by atoms with van der Waals surface area (Å²) in [5.74, 6) is 0. The first kappa shape index (κ1) is 9.89. The van der Waals surface area contributed by atoms with E-state index in [2.05, 4.69) is 50.0 Å². The molecule has 2 rings (SSSR count). The normalized spacial score (nSPS) is 11.0. The average Bonchev–Trinajstić information content (AvgIpc) is 2.59. The molecule has 0 unspecified atom stereocenters. The molecular weight excluding hydrogens is 363 g/mol. The summed E-state index contributed by atoms with van der Waals surface area (Å²) in [7, 11) is 0. The molecule has 1 aromatic carbocycles. The third kappa shape index (κ3) is 1.65. The second kappa shape index (κ2) is 3.84. The number of thiophene rings is 1. The molecule has 0 amide bonds. The molecule has 68 valence electrons. The summed E-state index contributed by atoms with van der Waals surface area (Å²) in [6, 6.07) is 4.11. The highest BCUT2D eigenvalue weighted by molar-refractivity contribution is 14.1. The Morgan fingerprint density at radius 1 is 1.54 bits per heavy atom. The third-order valence-corrected chi connectivity index (χ3v) is 5.85. The number of hydrogen-bond donors (Lipinski definition) is 1. The van der Waals surface area contributed by atoms with E-state index >= 15 is 0 Å². The van der Waals surface area contributed by atoms with Gasteiger partial charge >= 0.3 is 0 Å². The van der Waals surface area contributed by atoms with Crippen molar-refractivity contribution >= 4 is 59.9 Å². The molecule has 1 aromatic heterocycles. The quantitative estimate of drug-likeness (QED) is 0.760. The molecule has 0 saturated heterocycles. The van der Waals surface area contributed by atoms with E-state index in [1.54, 1.807) is 11.3 Å². The third-order valence-electron chi connectivity index (χ3n) is 1.87. The van der Waals surface area contributed by atoms with Gasteiger partial charge in [-0.25, -0.2) is 0 Å². The van der Waals surface area contributed by atoms with E-state index in [9.17, 15) is 0 Å². The van der Waals surface area contributed by atoms with Gasteiger partial charge in [0.15, 0.2) is 0 Å². The molecule has 13 heavy (non-hydrogen) atoms. The highest BCUT2D eigenvalue weighted by atomic mass is 127. The molecule has 2 aromatic rings. The lowest BCUT2D eigenvalue weighted by molar-refractivity contribution is 0.281. The average molecular weight is 369 g/mol. The number of benzene rings is 1. The Balaban J connectivity index is 2.83. The Hall–Kier alpha value is 0.350. The van der Waals surface area contributed by atoms with E-state index in [4.69, 9.17) is 5.11 Å². The first-order chi connectivity index (χ1) is 6.24. The van der Waals surface area contributed by atoms with Gasteiger partial charge in [-0.15, -0.1) is 11.3 Å². The van der Waals surface area contributed by atoms with E-state index in [1.807, 2.05) is 6.07 Å². The van der Waals surface area contributed by atoms with Crippen molar-refractivity contribution < 1.29 is 5.11 Å². The summed E-state index contributed by atoms with van der Waals surface area (Å²) in [6.07, 6.45) is 0. The van der Waals surface area contributed by atoms with Crippen LogP contribution < -0.4 is 0 Å². The minimum absolute atomic E-state index is 0.0999. The molecule has 0 saturated carbocycles. The van der Waals surface area contributed by atoms with Gasteiger partial charge in [0.05, 0.1) is 6.61 Å². The Bertz CT molecular complexity index is 452. The fourth-order valence-corrected chi connectivity index (χ4v) is 3.58. The van der Waals surface area contributed by atoms with Gasteiger partial charge in [-0.2, -0.15) is 0 Å². The molecule has 0 radical (unpaired) electrons. The maximum Gasteiger partial charge on any atom is 0.0692 e. The first-order valence-corrected chi connectivity index (χ1v) is 6.44. The molecule has 4 heteroatoms. The van der Waals surface area contributed by atoms with Crippen molar-refractivity contribution in [3.05, 3.63) is 31.1 Å². The SMILES string of the molecule is OCc1cc2ccsc2c(Br)c1I. The van der Waals surface area contributed by atoms with Gasteiger partial charge in [0.25, 0.3) is 0 Å². The van der Waals surface area contributed by atoms with Crippen LogP contribution in [0.3, 0.4) is 0 Å².